The van der Waals surface area contributed by atoms with Gasteiger partial charge in [0, 0.05) is 38.3 Å². The third kappa shape index (κ3) is 5.04. The second-order valence-corrected chi connectivity index (χ2v) is 7.70. The van der Waals surface area contributed by atoms with Gasteiger partial charge in [0.25, 0.3) is 5.91 Å². The van der Waals surface area contributed by atoms with Gasteiger partial charge in [-0.1, -0.05) is 44.2 Å². The summed E-state index contributed by atoms with van der Waals surface area (Å²) in [5.74, 6) is 1.16. The van der Waals surface area contributed by atoms with Crippen molar-refractivity contribution in [1.82, 2.24) is 9.80 Å². The fourth-order valence-electron chi connectivity index (χ4n) is 3.54. The smallest absolute Gasteiger partial charge is 0.260 e. The molecule has 2 aromatic rings. The highest BCUT2D eigenvalue weighted by Crippen LogP contribution is 2.24. The van der Waals surface area contributed by atoms with Crippen LogP contribution in [0, 0.1) is 0 Å². The van der Waals surface area contributed by atoms with Crippen LogP contribution >= 0.6 is 0 Å². The molecular formula is C23H30N2O3. The molecule has 1 saturated heterocycles. The molecule has 0 aliphatic carbocycles. The van der Waals surface area contributed by atoms with Gasteiger partial charge in [-0.2, -0.15) is 0 Å². The molecule has 0 saturated carbocycles. The minimum Gasteiger partial charge on any atom is -0.508 e. The fourth-order valence-corrected chi connectivity index (χ4v) is 3.54. The van der Waals surface area contributed by atoms with Crippen LogP contribution in [0.15, 0.2) is 48.5 Å². The predicted octanol–water partition coefficient (Wildman–Crippen LogP) is 3.80. The van der Waals surface area contributed by atoms with Crippen molar-refractivity contribution in [2.45, 2.75) is 32.7 Å². The molecule has 0 aromatic heterocycles. The Labute approximate surface area is 167 Å². The van der Waals surface area contributed by atoms with Crippen molar-refractivity contribution in [3.8, 4) is 11.5 Å². The molecule has 1 aliphatic rings. The minimum absolute atomic E-state index is 0.00429. The van der Waals surface area contributed by atoms with E-state index in [4.69, 9.17) is 4.74 Å². The maximum atomic E-state index is 12.4. The number of carbonyl (C=O) groups excluding carboxylic acids is 1. The summed E-state index contributed by atoms with van der Waals surface area (Å²) in [5, 5.41) is 9.46. The number of hydrogen-bond acceptors (Lipinski definition) is 4. The zero-order valence-corrected chi connectivity index (χ0v) is 17.0. The molecular weight excluding hydrogens is 352 g/mol. The minimum atomic E-state index is -0.0167. The van der Waals surface area contributed by atoms with Crippen molar-refractivity contribution in [3.05, 3.63) is 59.7 Å². The second-order valence-electron chi connectivity index (χ2n) is 7.70. The first-order valence-electron chi connectivity index (χ1n) is 9.97. The van der Waals surface area contributed by atoms with Gasteiger partial charge in [0.2, 0.25) is 0 Å². The van der Waals surface area contributed by atoms with Crippen LogP contribution in [0.3, 0.4) is 0 Å². The van der Waals surface area contributed by atoms with E-state index in [2.05, 4.69) is 49.9 Å². The van der Waals surface area contributed by atoms with Gasteiger partial charge >= 0.3 is 0 Å². The molecule has 1 fully saturated rings. The van der Waals surface area contributed by atoms with Gasteiger partial charge in [0.05, 0.1) is 0 Å². The van der Waals surface area contributed by atoms with E-state index in [1.165, 1.54) is 17.2 Å². The van der Waals surface area contributed by atoms with Gasteiger partial charge in [-0.05, 0) is 36.1 Å². The van der Waals surface area contributed by atoms with Crippen LogP contribution in [0.5, 0.6) is 11.5 Å². The van der Waals surface area contributed by atoms with E-state index < -0.39 is 0 Å². The molecule has 0 bridgehead atoms. The van der Waals surface area contributed by atoms with E-state index >= 15 is 0 Å². The molecule has 1 heterocycles. The molecule has 1 aliphatic heterocycles. The summed E-state index contributed by atoms with van der Waals surface area (Å²) in [4.78, 5) is 16.7. The van der Waals surface area contributed by atoms with Crippen molar-refractivity contribution >= 4 is 5.91 Å². The number of amides is 1. The number of carbonyl (C=O) groups is 1. The molecule has 1 unspecified atom stereocenters. The van der Waals surface area contributed by atoms with E-state index in [1.54, 1.807) is 18.2 Å². The number of hydrogen-bond donors (Lipinski definition) is 1. The molecule has 3 rings (SSSR count). The highest BCUT2D eigenvalue weighted by Gasteiger charge is 2.25. The standard InChI is InChI=1S/C23H30N2O3/c1-17(2)19-7-9-20(10-8-19)18(3)24-11-13-25(14-12-24)23(27)16-28-22-6-4-5-21(26)15-22/h4-10,15,17-18,26H,11-14,16H2,1-3H3. The summed E-state index contributed by atoms with van der Waals surface area (Å²) >= 11 is 0. The number of phenolic OH excluding ortho intramolecular Hbond substituents is 1. The summed E-state index contributed by atoms with van der Waals surface area (Å²) < 4.78 is 5.51. The maximum absolute atomic E-state index is 12.4. The van der Waals surface area contributed by atoms with Crippen LogP contribution in [0.4, 0.5) is 0 Å². The Balaban J connectivity index is 1.48. The summed E-state index contributed by atoms with van der Waals surface area (Å²) in [6.07, 6.45) is 0. The summed E-state index contributed by atoms with van der Waals surface area (Å²) in [5.41, 5.74) is 2.68. The van der Waals surface area contributed by atoms with Gasteiger partial charge in [-0.15, -0.1) is 0 Å². The topological polar surface area (TPSA) is 53.0 Å². The summed E-state index contributed by atoms with van der Waals surface area (Å²) in [6.45, 7) is 9.75. The molecule has 0 spiro atoms. The van der Waals surface area contributed by atoms with E-state index in [0.717, 1.165) is 13.1 Å². The van der Waals surface area contributed by atoms with Crippen molar-refractivity contribution in [1.29, 1.82) is 0 Å². The SMILES string of the molecule is CC(C)c1ccc(C(C)N2CCN(C(=O)COc3cccc(O)c3)CC2)cc1. The Morgan fingerprint density at radius 1 is 1.00 bits per heavy atom. The lowest BCUT2D eigenvalue weighted by atomic mass is 9.99. The van der Waals surface area contributed by atoms with E-state index in [-0.39, 0.29) is 18.3 Å². The molecule has 1 amide bonds. The first-order chi connectivity index (χ1) is 13.4. The largest absolute Gasteiger partial charge is 0.508 e. The Bertz CT molecular complexity index is 781. The molecule has 28 heavy (non-hydrogen) atoms. The maximum Gasteiger partial charge on any atom is 0.260 e. The lowest BCUT2D eigenvalue weighted by Crippen LogP contribution is -2.50. The van der Waals surface area contributed by atoms with Gasteiger partial charge in [-0.3, -0.25) is 9.69 Å². The number of piperazine rings is 1. The lowest BCUT2D eigenvalue weighted by Gasteiger charge is -2.38. The van der Waals surface area contributed by atoms with Crippen LogP contribution in [0.2, 0.25) is 0 Å². The normalized spacial score (nSPS) is 16.2. The fraction of sp³-hybridized carbons (Fsp3) is 0.435. The average molecular weight is 383 g/mol. The highest BCUT2D eigenvalue weighted by molar-refractivity contribution is 5.77. The van der Waals surface area contributed by atoms with Crippen LogP contribution in [-0.2, 0) is 4.79 Å². The van der Waals surface area contributed by atoms with E-state index in [0.29, 0.717) is 30.8 Å². The Morgan fingerprint density at radius 3 is 2.25 bits per heavy atom. The van der Waals surface area contributed by atoms with Crippen LogP contribution in [0.25, 0.3) is 0 Å². The average Bonchev–Trinajstić information content (AvgIpc) is 2.71. The first kappa shape index (κ1) is 20.2. The summed E-state index contributed by atoms with van der Waals surface area (Å²) in [7, 11) is 0. The number of benzene rings is 2. The predicted molar refractivity (Wildman–Crippen MR) is 111 cm³/mol. The van der Waals surface area contributed by atoms with E-state index in [9.17, 15) is 9.90 Å². The van der Waals surface area contributed by atoms with Crippen molar-refractivity contribution in [3.63, 3.8) is 0 Å². The number of ether oxygens (including phenoxy) is 1. The first-order valence-corrected chi connectivity index (χ1v) is 9.97. The summed E-state index contributed by atoms with van der Waals surface area (Å²) in [6, 6.07) is 15.7. The molecule has 150 valence electrons. The zero-order valence-electron chi connectivity index (χ0n) is 17.0. The number of nitrogens with zero attached hydrogens (tertiary/aromatic N) is 2. The van der Waals surface area contributed by atoms with Crippen LogP contribution in [0.1, 0.15) is 43.9 Å². The monoisotopic (exact) mass is 382 g/mol. The Morgan fingerprint density at radius 2 is 1.64 bits per heavy atom. The Hall–Kier alpha value is -2.53. The van der Waals surface area contributed by atoms with Gasteiger partial charge in [-0.25, -0.2) is 0 Å². The number of rotatable bonds is 6. The van der Waals surface area contributed by atoms with Gasteiger partial charge < -0.3 is 14.7 Å². The number of aromatic hydroxyl groups is 1. The van der Waals surface area contributed by atoms with Gasteiger partial charge in [0.1, 0.15) is 11.5 Å². The van der Waals surface area contributed by atoms with Crippen molar-refractivity contribution in [2.75, 3.05) is 32.8 Å². The van der Waals surface area contributed by atoms with Crippen LogP contribution in [-0.4, -0.2) is 53.6 Å². The quantitative estimate of drug-likeness (QED) is 0.826. The third-order valence-electron chi connectivity index (χ3n) is 5.48. The van der Waals surface area contributed by atoms with Crippen molar-refractivity contribution in [2.24, 2.45) is 0 Å². The van der Waals surface area contributed by atoms with Crippen LogP contribution < -0.4 is 4.74 Å². The second kappa shape index (κ2) is 9.11. The Kier molecular flexibility index (Phi) is 6.57. The molecule has 5 heteroatoms. The highest BCUT2D eigenvalue weighted by atomic mass is 16.5. The molecule has 1 N–H and O–H groups in total. The molecule has 0 radical (unpaired) electrons. The molecule has 5 nitrogen and oxygen atoms in total. The molecule has 1 atom stereocenters. The molecule has 2 aromatic carbocycles. The third-order valence-corrected chi connectivity index (χ3v) is 5.48. The lowest BCUT2D eigenvalue weighted by molar-refractivity contribution is -0.135. The van der Waals surface area contributed by atoms with Crippen molar-refractivity contribution < 1.29 is 14.6 Å². The zero-order chi connectivity index (χ0) is 20.1. The number of phenols is 1. The van der Waals surface area contributed by atoms with E-state index in [1.807, 2.05) is 4.90 Å². The van der Waals surface area contributed by atoms with Gasteiger partial charge in [0.15, 0.2) is 6.61 Å².